The molecule has 0 amide bonds. The van der Waals surface area contributed by atoms with Gasteiger partial charge in [-0.1, -0.05) is 45.6 Å². The Morgan fingerprint density at radius 3 is 1.67 bits per heavy atom. The van der Waals surface area contributed by atoms with E-state index in [1.54, 1.807) is 6.08 Å². The van der Waals surface area contributed by atoms with Crippen molar-refractivity contribution in [1.82, 2.24) is 0 Å². The van der Waals surface area contributed by atoms with Crippen LogP contribution in [0.1, 0.15) is 52.4 Å². The number of ether oxygens (including phenoxy) is 1. The standard InChI is InChI=1S/C10H22O.C3H7N/c1-3-5-7-9-11-10-8-6-4-2;1-2-3-4/h3-10H2,1-2H3;2H,1,3-4H2. The molecule has 0 aliphatic carbocycles. The van der Waals surface area contributed by atoms with Crippen LogP contribution in [-0.2, 0) is 4.74 Å². The summed E-state index contributed by atoms with van der Waals surface area (Å²) in [5, 5.41) is 0. The lowest BCUT2D eigenvalue weighted by Crippen LogP contribution is -1.96. The van der Waals surface area contributed by atoms with Crippen molar-refractivity contribution < 1.29 is 4.74 Å². The molecule has 92 valence electrons. The molecule has 2 heteroatoms. The fraction of sp³-hybridized carbons (Fsp3) is 0.846. The van der Waals surface area contributed by atoms with Crippen molar-refractivity contribution >= 4 is 0 Å². The van der Waals surface area contributed by atoms with Gasteiger partial charge >= 0.3 is 0 Å². The van der Waals surface area contributed by atoms with Crippen LogP contribution in [0.3, 0.4) is 0 Å². The summed E-state index contributed by atoms with van der Waals surface area (Å²) in [4.78, 5) is 0. The molecule has 0 heterocycles. The Balaban J connectivity index is 0. The summed E-state index contributed by atoms with van der Waals surface area (Å²) in [6.45, 7) is 10.3. The number of hydrogen-bond donors (Lipinski definition) is 1. The van der Waals surface area contributed by atoms with Gasteiger partial charge in [-0.2, -0.15) is 0 Å². The second-order valence-electron chi connectivity index (χ2n) is 3.55. The van der Waals surface area contributed by atoms with Crippen molar-refractivity contribution in [1.29, 1.82) is 0 Å². The molecule has 0 aromatic rings. The fourth-order valence-electron chi connectivity index (χ4n) is 1.01. The number of rotatable bonds is 9. The lowest BCUT2D eigenvalue weighted by molar-refractivity contribution is 0.126. The molecule has 0 atom stereocenters. The molecule has 0 spiro atoms. The Labute approximate surface area is 95.9 Å². The van der Waals surface area contributed by atoms with Crippen LogP contribution in [0, 0.1) is 0 Å². The summed E-state index contributed by atoms with van der Waals surface area (Å²) >= 11 is 0. The minimum atomic E-state index is 0.583. The van der Waals surface area contributed by atoms with Crippen LogP contribution in [0.4, 0.5) is 0 Å². The van der Waals surface area contributed by atoms with E-state index in [1.807, 2.05) is 0 Å². The zero-order chi connectivity index (χ0) is 11.8. The molecule has 2 nitrogen and oxygen atoms in total. The lowest BCUT2D eigenvalue weighted by Gasteiger charge is -2.01. The first-order valence-electron chi connectivity index (χ1n) is 6.22. The van der Waals surface area contributed by atoms with Gasteiger partial charge in [-0.05, 0) is 12.8 Å². The number of unbranched alkanes of at least 4 members (excludes halogenated alkanes) is 4. The van der Waals surface area contributed by atoms with E-state index in [1.165, 1.54) is 38.5 Å². The van der Waals surface area contributed by atoms with Gasteiger partial charge in [-0.25, -0.2) is 0 Å². The van der Waals surface area contributed by atoms with Crippen molar-refractivity contribution in [3.63, 3.8) is 0 Å². The van der Waals surface area contributed by atoms with Crippen molar-refractivity contribution in [2.45, 2.75) is 52.4 Å². The molecule has 0 fully saturated rings. The highest BCUT2D eigenvalue weighted by Crippen LogP contribution is 1.97. The van der Waals surface area contributed by atoms with Crippen LogP contribution in [0.5, 0.6) is 0 Å². The predicted octanol–water partition coefficient (Wildman–Crippen LogP) is 3.51. The van der Waals surface area contributed by atoms with E-state index in [0.717, 1.165) is 13.2 Å². The van der Waals surface area contributed by atoms with E-state index in [2.05, 4.69) is 20.4 Å². The molecule has 0 unspecified atom stereocenters. The molecule has 0 radical (unpaired) electrons. The van der Waals surface area contributed by atoms with Gasteiger partial charge in [0.05, 0.1) is 0 Å². The fourth-order valence-corrected chi connectivity index (χ4v) is 1.01. The maximum Gasteiger partial charge on any atom is 0.0466 e. The highest BCUT2D eigenvalue weighted by Gasteiger charge is 1.88. The average Bonchev–Trinajstić information content (AvgIpc) is 2.28. The first-order valence-corrected chi connectivity index (χ1v) is 6.22. The topological polar surface area (TPSA) is 35.2 Å². The van der Waals surface area contributed by atoms with Crippen LogP contribution < -0.4 is 5.73 Å². The van der Waals surface area contributed by atoms with E-state index in [0.29, 0.717) is 6.54 Å². The quantitative estimate of drug-likeness (QED) is 0.472. The van der Waals surface area contributed by atoms with Crippen LogP contribution in [0.25, 0.3) is 0 Å². The molecule has 0 bridgehead atoms. The largest absolute Gasteiger partial charge is 0.381 e. The smallest absolute Gasteiger partial charge is 0.0466 e. The molecule has 0 aromatic carbocycles. The van der Waals surface area contributed by atoms with E-state index in [-0.39, 0.29) is 0 Å². The first kappa shape index (κ1) is 17.1. The van der Waals surface area contributed by atoms with Gasteiger partial charge in [0.15, 0.2) is 0 Å². The van der Waals surface area contributed by atoms with E-state index < -0.39 is 0 Å². The first-order chi connectivity index (χ1) is 7.33. The Bertz CT molecular complexity index is 96.7. The Kier molecular flexibility index (Phi) is 21.9. The monoisotopic (exact) mass is 215 g/mol. The Hall–Kier alpha value is -0.340. The predicted molar refractivity (Wildman–Crippen MR) is 69.1 cm³/mol. The molecule has 0 saturated heterocycles. The third-order valence-electron chi connectivity index (χ3n) is 1.95. The van der Waals surface area contributed by atoms with Crippen molar-refractivity contribution in [2.24, 2.45) is 5.73 Å². The third-order valence-corrected chi connectivity index (χ3v) is 1.95. The zero-order valence-electron chi connectivity index (χ0n) is 10.6. The van der Waals surface area contributed by atoms with Gasteiger partial charge in [0.25, 0.3) is 0 Å². The maximum atomic E-state index is 5.44. The van der Waals surface area contributed by atoms with Crippen molar-refractivity contribution in [2.75, 3.05) is 19.8 Å². The summed E-state index contributed by atoms with van der Waals surface area (Å²) in [7, 11) is 0. The second-order valence-corrected chi connectivity index (χ2v) is 3.55. The van der Waals surface area contributed by atoms with Gasteiger partial charge in [-0.15, -0.1) is 6.58 Å². The normalized spacial score (nSPS) is 9.27. The average molecular weight is 215 g/mol. The Morgan fingerprint density at radius 1 is 1.00 bits per heavy atom. The molecule has 2 N–H and O–H groups in total. The molecular weight excluding hydrogens is 186 g/mol. The summed E-state index contributed by atoms with van der Waals surface area (Å²) in [5.41, 5.74) is 4.91. The summed E-state index contributed by atoms with van der Waals surface area (Å²) in [5.74, 6) is 0. The van der Waals surface area contributed by atoms with Gasteiger partial charge < -0.3 is 10.5 Å². The molecule has 0 saturated carbocycles. The second kappa shape index (κ2) is 19.3. The highest BCUT2D eigenvalue weighted by atomic mass is 16.5. The van der Waals surface area contributed by atoms with E-state index in [9.17, 15) is 0 Å². The minimum absolute atomic E-state index is 0.583. The number of nitrogens with two attached hydrogens (primary N) is 1. The van der Waals surface area contributed by atoms with E-state index >= 15 is 0 Å². The highest BCUT2D eigenvalue weighted by molar-refractivity contribution is 4.64. The third kappa shape index (κ3) is 24.8. The molecule has 0 aromatic heterocycles. The van der Waals surface area contributed by atoms with Crippen LogP contribution in [0.15, 0.2) is 12.7 Å². The minimum Gasteiger partial charge on any atom is -0.381 e. The molecule has 0 aliphatic rings. The van der Waals surface area contributed by atoms with Crippen molar-refractivity contribution in [3.8, 4) is 0 Å². The van der Waals surface area contributed by atoms with Gasteiger partial charge in [-0.3, -0.25) is 0 Å². The molecular formula is C13H29NO. The van der Waals surface area contributed by atoms with Crippen LogP contribution in [-0.4, -0.2) is 19.8 Å². The zero-order valence-corrected chi connectivity index (χ0v) is 10.6. The van der Waals surface area contributed by atoms with Crippen molar-refractivity contribution in [3.05, 3.63) is 12.7 Å². The molecule has 15 heavy (non-hydrogen) atoms. The summed E-state index contributed by atoms with van der Waals surface area (Å²) < 4.78 is 5.44. The maximum absolute atomic E-state index is 5.44. The SMILES string of the molecule is C=CCN.CCCCCOCCCCC. The number of hydrogen-bond acceptors (Lipinski definition) is 2. The van der Waals surface area contributed by atoms with Gasteiger partial charge in [0.1, 0.15) is 0 Å². The van der Waals surface area contributed by atoms with Gasteiger partial charge in [0.2, 0.25) is 0 Å². The van der Waals surface area contributed by atoms with Crippen LogP contribution in [0.2, 0.25) is 0 Å². The van der Waals surface area contributed by atoms with Gasteiger partial charge in [0, 0.05) is 19.8 Å². The molecule has 0 aliphatic heterocycles. The Morgan fingerprint density at radius 2 is 1.40 bits per heavy atom. The van der Waals surface area contributed by atoms with E-state index in [4.69, 9.17) is 10.5 Å². The van der Waals surface area contributed by atoms with Crippen LogP contribution >= 0.6 is 0 Å². The molecule has 0 rings (SSSR count). The summed E-state index contributed by atoms with van der Waals surface area (Å²) in [6, 6.07) is 0. The summed E-state index contributed by atoms with van der Waals surface area (Å²) in [6.07, 6.45) is 9.34. The lowest BCUT2D eigenvalue weighted by atomic mass is 10.2.